The first kappa shape index (κ1) is 16.9. The molecule has 0 aromatic carbocycles. The molecule has 1 heterocycles. The van der Waals surface area contributed by atoms with Crippen LogP contribution in [0, 0.1) is 0 Å². The number of urea groups is 1. The number of carboxylic acids is 1. The van der Waals surface area contributed by atoms with Crippen LogP contribution in [0.3, 0.4) is 0 Å². The third kappa shape index (κ3) is 5.05. The molecule has 1 aliphatic rings. The highest BCUT2D eigenvalue weighted by Crippen LogP contribution is 2.09. The molecule has 0 bridgehead atoms. The van der Waals surface area contributed by atoms with Crippen molar-refractivity contribution >= 4 is 23.8 Å². The van der Waals surface area contributed by atoms with Gasteiger partial charge in [0.1, 0.15) is 6.54 Å². The average molecular weight is 299 g/mol. The van der Waals surface area contributed by atoms with Crippen LogP contribution < -0.4 is 5.32 Å². The van der Waals surface area contributed by atoms with Crippen molar-refractivity contribution in [2.75, 3.05) is 20.1 Å². The molecule has 8 heteroatoms. The van der Waals surface area contributed by atoms with Gasteiger partial charge in [-0.25, -0.2) is 4.79 Å². The smallest absolute Gasteiger partial charge is 0.326 e. The first-order valence-electron chi connectivity index (χ1n) is 6.91. The molecule has 0 aromatic heterocycles. The van der Waals surface area contributed by atoms with Gasteiger partial charge < -0.3 is 15.3 Å². The summed E-state index contributed by atoms with van der Waals surface area (Å²) in [5, 5.41) is 11.3. The summed E-state index contributed by atoms with van der Waals surface area (Å²) < 4.78 is 0. The Kier molecular flexibility index (Phi) is 6.13. The summed E-state index contributed by atoms with van der Waals surface area (Å²) in [6, 6.07) is -0.742. The maximum absolute atomic E-state index is 11.7. The Morgan fingerprint density at radius 2 is 2.05 bits per heavy atom. The second-order valence-corrected chi connectivity index (χ2v) is 5.06. The Hall–Kier alpha value is -2.12. The third-order valence-electron chi connectivity index (χ3n) is 3.30. The summed E-state index contributed by atoms with van der Waals surface area (Å²) in [4.78, 5) is 47.9. The first-order valence-corrected chi connectivity index (χ1v) is 6.91. The van der Waals surface area contributed by atoms with E-state index in [1.54, 1.807) is 14.0 Å². The molecule has 0 saturated carbocycles. The zero-order valence-electron chi connectivity index (χ0n) is 12.3. The highest BCUT2D eigenvalue weighted by Gasteiger charge is 2.32. The Morgan fingerprint density at radius 3 is 2.52 bits per heavy atom. The fourth-order valence-corrected chi connectivity index (χ4v) is 2.09. The van der Waals surface area contributed by atoms with Crippen LogP contribution in [0.5, 0.6) is 0 Å². The second-order valence-electron chi connectivity index (χ2n) is 5.06. The number of nitrogens with zero attached hydrogens (tertiary/aromatic N) is 2. The van der Waals surface area contributed by atoms with Crippen molar-refractivity contribution in [3.05, 3.63) is 0 Å². The number of carboxylic acid groups (broad SMARTS) is 1. The molecule has 4 amide bonds. The predicted octanol–water partition coefficient (Wildman–Crippen LogP) is 0.0301. The summed E-state index contributed by atoms with van der Waals surface area (Å²) in [6.07, 6.45) is 0.930. The lowest BCUT2D eigenvalue weighted by atomic mass is 10.1. The lowest BCUT2D eigenvalue weighted by Crippen LogP contribution is -2.37. The van der Waals surface area contributed by atoms with Crippen LogP contribution in [0.1, 0.15) is 32.6 Å². The number of amides is 4. The van der Waals surface area contributed by atoms with Gasteiger partial charge in [-0.1, -0.05) is 6.92 Å². The molecule has 1 rings (SSSR count). The van der Waals surface area contributed by atoms with Gasteiger partial charge in [-0.15, -0.1) is 0 Å². The van der Waals surface area contributed by atoms with Gasteiger partial charge in [0.15, 0.2) is 0 Å². The van der Waals surface area contributed by atoms with Crippen molar-refractivity contribution < 1.29 is 24.3 Å². The molecule has 1 fully saturated rings. The lowest BCUT2D eigenvalue weighted by Gasteiger charge is -2.16. The van der Waals surface area contributed by atoms with Crippen molar-refractivity contribution in [3.63, 3.8) is 0 Å². The van der Waals surface area contributed by atoms with Gasteiger partial charge >= 0.3 is 12.0 Å². The Balaban J connectivity index is 2.32. The van der Waals surface area contributed by atoms with Gasteiger partial charge in [-0.2, -0.15) is 0 Å². The Labute approximate surface area is 123 Å². The normalized spacial score (nSPS) is 16.3. The van der Waals surface area contributed by atoms with Gasteiger partial charge in [0.2, 0.25) is 11.8 Å². The maximum Gasteiger partial charge on any atom is 0.326 e. The number of hydrogen-bond donors (Lipinski definition) is 2. The number of aliphatic carboxylic acids is 1. The SMILES string of the molecule is CCC(CC(=O)O)NC(=O)CCCN1C(=O)CN(C)C1=O. The average Bonchev–Trinajstić information content (AvgIpc) is 2.63. The van der Waals surface area contributed by atoms with Crippen LogP contribution in [0.2, 0.25) is 0 Å². The minimum absolute atomic E-state index is 0.0710. The summed E-state index contributed by atoms with van der Waals surface area (Å²) in [5.41, 5.74) is 0. The van der Waals surface area contributed by atoms with E-state index in [4.69, 9.17) is 5.11 Å². The van der Waals surface area contributed by atoms with Crippen LogP contribution in [0.25, 0.3) is 0 Å². The van der Waals surface area contributed by atoms with Gasteiger partial charge in [-0.05, 0) is 12.8 Å². The molecule has 1 atom stereocenters. The molecule has 8 nitrogen and oxygen atoms in total. The van der Waals surface area contributed by atoms with Crippen molar-refractivity contribution in [2.24, 2.45) is 0 Å². The molecule has 0 spiro atoms. The fourth-order valence-electron chi connectivity index (χ4n) is 2.09. The highest BCUT2D eigenvalue weighted by molar-refractivity contribution is 6.01. The van der Waals surface area contributed by atoms with Crippen LogP contribution in [0.15, 0.2) is 0 Å². The van der Waals surface area contributed by atoms with E-state index in [2.05, 4.69) is 5.32 Å². The monoisotopic (exact) mass is 299 g/mol. The van der Waals surface area contributed by atoms with Crippen molar-refractivity contribution in [1.82, 2.24) is 15.1 Å². The number of carbonyl (C=O) groups excluding carboxylic acids is 3. The number of nitrogens with one attached hydrogen (secondary N) is 1. The van der Waals surface area contributed by atoms with E-state index in [0.29, 0.717) is 12.8 Å². The van der Waals surface area contributed by atoms with Crippen LogP contribution in [-0.2, 0) is 14.4 Å². The number of rotatable bonds is 8. The first-order chi connectivity index (χ1) is 9.85. The summed E-state index contributed by atoms with van der Waals surface area (Å²) in [7, 11) is 1.55. The molecular weight excluding hydrogens is 278 g/mol. The lowest BCUT2D eigenvalue weighted by molar-refractivity contribution is -0.137. The predicted molar refractivity (Wildman–Crippen MR) is 73.4 cm³/mol. The van der Waals surface area contributed by atoms with Gasteiger partial charge in [0.25, 0.3) is 0 Å². The standard InChI is InChI=1S/C13H21N3O5/c1-3-9(7-12(19)20)14-10(17)5-4-6-16-11(18)8-15(2)13(16)21/h9H,3-8H2,1-2H3,(H,14,17)(H,19,20). The van der Waals surface area contributed by atoms with E-state index in [-0.39, 0.29) is 43.8 Å². The zero-order chi connectivity index (χ0) is 16.0. The molecule has 0 radical (unpaired) electrons. The van der Waals surface area contributed by atoms with E-state index < -0.39 is 12.0 Å². The topological polar surface area (TPSA) is 107 Å². The van der Waals surface area contributed by atoms with E-state index >= 15 is 0 Å². The van der Waals surface area contributed by atoms with E-state index in [0.717, 1.165) is 4.90 Å². The van der Waals surface area contributed by atoms with Gasteiger partial charge in [0, 0.05) is 26.1 Å². The minimum Gasteiger partial charge on any atom is -0.481 e. The molecule has 0 aromatic rings. The zero-order valence-corrected chi connectivity index (χ0v) is 12.3. The van der Waals surface area contributed by atoms with Crippen molar-refractivity contribution in [2.45, 2.75) is 38.6 Å². The van der Waals surface area contributed by atoms with E-state index in [1.165, 1.54) is 4.90 Å². The van der Waals surface area contributed by atoms with Crippen LogP contribution in [0.4, 0.5) is 4.79 Å². The number of imide groups is 1. The maximum atomic E-state index is 11.7. The molecule has 21 heavy (non-hydrogen) atoms. The molecule has 0 aliphatic carbocycles. The molecule has 2 N–H and O–H groups in total. The van der Waals surface area contributed by atoms with E-state index in [1.807, 2.05) is 0 Å². The number of hydrogen-bond acceptors (Lipinski definition) is 4. The quantitative estimate of drug-likeness (QED) is 0.615. The Morgan fingerprint density at radius 1 is 1.38 bits per heavy atom. The summed E-state index contributed by atoms with van der Waals surface area (Å²) in [6.45, 7) is 2.07. The minimum atomic E-state index is -0.960. The summed E-state index contributed by atoms with van der Waals surface area (Å²) >= 11 is 0. The van der Waals surface area contributed by atoms with Gasteiger partial charge in [-0.3, -0.25) is 19.3 Å². The van der Waals surface area contributed by atoms with Crippen molar-refractivity contribution in [3.8, 4) is 0 Å². The second kappa shape index (κ2) is 7.61. The molecule has 1 aliphatic heterocycles. The van der Waals surface area contributed by atoms with Crippen LogP contribution >= 0.6 is 0 Å². The van der Waals surface area contributed by atoms with Gasteiger partial charge in [0.05, 0.1) is 6.42 Å². The molecular formula is C13H21N3O5. The van der Waals surface area contributed by atoms with Crippen molar-refractivity contribution in [1.29, 1.82) is 0 Å². The Bertz CT molecular complexity index is 438. The summed E-state index contributed by atoms with van der Waals surface area (Å²) in [5.74, 6) is -1.49. The third-order valence-corrected chi connectivity index (χ3v) is 3.30. The fraction of sp³-hybridized carbons (Fsp3) is 0.692. The largest absolute Gasteiger partial charge is 0.481 e. The van der Waals surface area contributed by atoms with E-state index in [9.17, 15) is 19.2 Å². The molecule has 1 saturated heterocycles. The highest BCUT2D eigenvalue weighted by atomic mass is 16.4. The molecule has 1 unspecified atom stereocenters. The number of carbonyl (C=O) groups is 4. The number of likely N-dealkylation sites (N-methyl/N-ethyl adjacent to an activating group) is 1. The van der Waals surface area contributed by atoms with Crippen LogP contribution in [-0.4, -0.2) is 64.9 Å². The molecule has 118 valence electrons.